The molecule has 0 unspecified atom stereocenters. The first-order valence-electron chi connectivity index (χ1n) is 6.94. The van der Waals surface area contributed by atoms with Gasteiger partial charge in [0.05, 0.1) is 19.0 Å². The summed E-state index contributed by atoms with van der Waals surface area (Å²) in [6, 6.07) is 7.70. The standard InChI is InChI=1S/C17H21NO3/c1-11-13(9-16(19)21-17(2,3)4)8-12-6-7-14(20-5)10-15(12)18-11/h6-8,10H,9H2,1-5H3. The number of rotatable bonds is 3. The van der Waals surface area contributed by atoms with E-state index in [1.807, 2.05) is 52.0 Å². The number of benzene rings is 1. The minimum absolute atomic E-state index is 0.234. The van der Waals surface area contributed by atoms with Gasteiger partial charge in [-0.3, -0.25) is 9.78 Å². The molecular formula is C17H21NO3. The summed E-state index contributed by atoms with van der Waals surface area (Å²) in [5, 5.41) is 0.986. The maximum atomic E-state index is 11.9. The molecule has 0 aliphatic heterocycles. The maximum absolute atomic E-state index is 11.9. The first-order valence-corrected chi connectivity index (χ1v) is 6.94. The van der Waals surface area contributed by atoms with Crippen LogP contribution in [0.5, 0.6) is 5.75 Å². The molecule has 0 saturated carbocycles. The van der Waals surface area contributed by atoms with Crippen LogP contribution < -0.4 is 4.74 Å². The van der Waals surface area contributed by atoms with Crippen molar-refractivity contribution in [1.82, 2.24) is 4.98 Å². The summed E-state index contributed by atoms with van der Waals surface area (Å²) in [5.41, 5.74) is 2.12. The van der Waals surface area contributed by atoms with Crippen LogP contribution in [0, 0.1) is 6.92 Å². The van der Waals surface area contributed by atoms with E-state index in [4.69, 9.17) is 9.47 Å². The first-order chi connectivity index (χ1) is 9.78. The van der Waals surface area contributed by atoms with Crippen molar-refractivity contribution in [2.45, 2.75) is 39.7 Å². The van der Waals surface area contributed by atoms with Gasteiger partial charge in [0.15, 0.2) is 0 Å². The van der Waals surface area contributed by atoms with Gasteiger partial charge in [0.2, 0.25) is 0 Å². The number of ether oxygens (including phenoxy) is 2. The third kappa shape index (κ3) is 3.94. The van der Waals surface area contributed by atoms with Crippen molar-refractivity contribution < 1.29 is 14.3 Å². The molecule has 4 nitrogen and oxygen atoms in total. The Morgan fingerprint density at radius 3 is 2.57 bits per heavy atom. The molecule has 0 aliphatic carbocycles. The zero-order chi connectivity index (χ0) is 15.6. The van der Waals surface area contributed by atoms with E-state index in [0.29, 0.717) is 0 Å². The second-order valence-corrected chi connectivity index (χ2v) is 6.05. The summed E-state index contributed by atoms with van der Waals surface area (Å²) in [6.07, 6.45) is 0.234. The number of fused-ring (bicyclic) bond motifs is 1. The van der Waals surface area contributed by atoms with Gasteiger partial charge in [-0.25, -0.2) is 0 Å². The summed E-state index contributed by atoms with van der Waals surface area (Å²) in [5.74, 6) is 0.537. The van der Waals surface area contributed by atoms with E-state index in [-0.39, 0.29) is 12.4 Å². The minimum Gasteiger partial charge on any atom is -0.497 e. The van der Waals surface area contributed by atoms with Crippen molar-refractivity contribution >= 4 is 16.9 Å². The zero-order valence-electron chi connectivity index (χ0n) is 13.2. The van der Waals surface area contributed by atoms with Crippen LogP contribution in [0.2, 0.25) is 0 Å². The number of aromatic nitrogens is 1. The molecule has 0 fully saturated rings. The lowest BCUT2D eigenvalue weighted by Gasteiger charge is -2.19. The molecule has 1 heterocycles. The number of hydrogen-bond acceptors (Lipinski definition) is 4. The number of esters is 1. The van der Waals surface area contributed by atoms with Crippen LogP contribution in [0.3, 0.4) is 0 Å². The SMILES string of the molecule is COc1ccc2cc(CC(=O)OC(C)(C)C)c(C)nc2c1. The molecule has 112 valence electrons. The fourth-order valence-corrected chi connectivity index (χ4v) is 2.13. The van der Waals surface area contributed by atoms with Gasteiger partial charge in [-0.2, -0.15) is 0 Å². The second-order valence-electron chi connectivity index (χ2n) is 6.05. The molecule has 21 heavy (non-hydrogen) atoms. The highest BCUT2D eigenvalue weighted by atomic mass is 16.6. The molecule has 1 aromatic heterocycles. The lowest BCUT2D eigenvalue weighted by atomic mass is 10.1. The number of carbonyl (C=O) groups excluding carboxylic acids is 1. The van der Waals surface area contributed by atoms with Gasteiger partial charge in [0, 0.05) is 17.1 Å². The number of nitrogens with zero attached hydrogens (tertiary/aromatic N) is 1. The number of carbonyl (C=O) groups is 1. The Morgan fingerprint density at radius 2 is 1.95 bits per heavy atom. The van der Waals surface area contributed by atoms with Crippen LogP contribution in [0.1, 0.15) is 32.0 Å². The van der Waals surface area contributed by atoms with Gasteiger partial charge in [0.1, 0.15) is 11.4 Å². The van der Waals surface area contributed by atoms with E-state index in [2.05, 4.69) is 4.98 Å². The summed E-state index contributed by atoms with van der Waals surface area (Å²) >= 11 is 0. The predicted octanol–water partition coefficient (Wildman–Crippen LogP) is 3.44. The highest BCUT2D eigenvalue weighted by molar-refractivity contribution is 5.82. The molecule has 0 bridgehead atoms. The largest absolute Gasteiger partial charge is 0.497 e. The molecule has 2 aromatic rings. The van der Waals surface area contributed by atoms with E-state index < -0.39 is 5.60 Å². The van der Waals surface area contributed by atoms with Crippen LogP contribution in [0.4, 0.5) is 0 Å². The third-order valence-electron chi connectivity index (χ3n) is 3.08. The summed E-state index contributed by atoms with van der Waals surface area (Å²) in [6.45, 7) is 7.49. The van der Waals surface area contributed by atoms with Crippen molar-refractivity contribution in [3.8, 4) is 5.75 Å². The van der Waals surface area contributed by atoms with Gasteiger partial charge in [-0.1, -0.05) is 0 Å². The molecule has 0 saturated heterocycles. The highest BCUT2D eigenvalue weighted by Crippen LogP contribution is 2.22. The topological polar surface area (TPSA) is 48.4 Å². The Bertz CT molecular complexity index is 672. The molecule has 1 aromatic carbocycles. The minimum atomic E-state index is -0.470. The van der Waals surface area contributed by atoms with Crippen LogP contribution in [0.25, 0.3) is 10.9 Å². The van der Waals surface area contributed by atoms with Crippen LogP contribution in [0.15, 0.2) is 24.3 Å². The van der Waals surface area contributed by atoms with Gasteiger partial charge in [0.25, 0.3) is 0 Å². The normalized spacial score (nSPS) is 11.5. The highest BCUT2D eigenvalue weighted by Gasteiger charge is 2.17. The fraction of sp³-hybridized carbons (Fsp3) is 0.412. The molecular weight excluding hydrogens is 266 g/mol. The van der Waals surface area contributed by atoms with E-state index in [1.54, 1.807) is 7.11 Å². The molecule has 2 rings (SSSR count). The van der Waals surface area contributed by atoms with Gasteiger partial charge < -0.3 is 9.47 Å². The molecule has 0 atom stereocenters. The fourth-order valence-electron chi connectivity index (χ4n) is 2.13. The lowest BCUT2D eigenvalue weighted by molar-refractivity contribution is -0.153. The van der Waals surface area contributed by atoms with E-state index in [0.717, 1.165) is 27.9 Å². The molecule has 0 radical (unpaired) electrons. The first kappa shape index (κ1) is 15.3. The average Bonchev–Trinajstić information content (AvgIpc) is 2.37. The smallest absolute Gasteiger partial charge is 0.310 e. The zero-order valence-corrected chi connectivity index (χ0v) is 13.2. The van der Waals surface area contributed by atoms with E-state index in [9.17, 15) is 4.79 Å². The van der Waals surface area contributed by atoms with Gasteiger partial charge in [-0.05, 0) is 51.5 Å². The van der Waals surface area contributed by atoms with E-state index >= 15 is 0 Å². The Labute approximate surface area is 125 Å². The number of aryl methyl sites for hydroxylation is 1. The Morgan fingerprint density at radius 1 is 1.24 bits per heavy atom. The number of hydrogen-bond donors (Lipinski definition) is 0. The van der Waals surface area contributed by atoms with Crippen LogP contribution >= 0.6 is 0 Å². The Hall–Kier alpha value is -2.10. The van der Waals surface area contributed by atoms with Crippen molar-refractivity contribution in [1.29, 1.82) is 0 Å². The Kier molecular flexibility index (Phi) is 4.16. The van der Waals surface area contributed by atoms with Crippen LogP contribution in [-0.2, 0) is 16.0 Å². The lowest BCUT2D eigenvalue weighted by Crippen LogP contribution is -2.25. The number of methoxy groups -OCH3 is 1. The van der Waals surface area contributed by atoms with Crippen molar-refractivity contribution in [2.75, 3.05) is 7.11 Å². The summed E-state index contributed by atoms with van der Waals surface area (Å²) in [7, 11) is 1.63. The van der Waals surface area contributed by atoms with Crippen molar-refractivity contribution in [3.63, 3.8) is 0 Å². The maximum Gasteiger partial charge on any atom is 0.310 e. The van der Waals surface area contributed by atoms with E-state index in [1.165, 1.54) is 0 Å². The Balaban J connectivity index is 2.29. The third-order valence-corrected chi connectivity index (χ3v) is 3.08. The second kappa shape index (κ2) is 5.72. The quantitative estimate of drug-likeness (QED) is 0.811. The molecule has 0 spiro atoms. The average molecular weight is 287 g/mol. The summed E-state index contributed by atoms with van der Waals surface area (Å²) < 4.78 is 10.6. The monoisotopic (exact) mass is 287 g/mol. The van der Waals surface area contributed by atoms with Crippen molar-refractivity contribution in [2.24, 2.45) is 0 Å². The summed E-state index contributed by atoms with van der Waals surface area (Å²) in [4.78, 5) is 16.5. The van der Waals surface area contributed by atoms with Crippen molar-refractivity contribution in [3.05, 3.63) is 35.5 Å². The van der Waals surface area contributed by atoms with Gasteiger partial charge >= 0.3 is 5.97 Å². The molecule has 4 heteroatoms. The molecule has 0 amide bonds. The number of pyridine rings is 1. The molecule has 0 aliphatic rings. The molecule has 0 N–H and O–H groups in total. The van der Waals surface area contributed by atoms with Crippen LogP contribution in [-0.4, -0.2) is 23.7 Å². The van der Waals surface area contributed by atoms with Gasteiger partial charge in [-0.15, -0.1) is 0 Å². The predicted molar refractivity (Wildman–Crippen MR) is 82.6 cm³/mol.